The molecule has 0 fully saturated rings. The van der Waals surface area contributed by atoms with Gasteiger partial charge >= 0.3 is 0 Å². The first kappa shape index (κ1) is 11.9. The fraction of sp³-hybridized carbons (Fsp3) is 0.0909. The van der Waals surface area contributed by atoms with E-state index in [4.69, 9.17) is 28.9 Å². The van der Waals surface area contributed by atoms with Crippen molar-refractivity contribution in [1.82, 2.24) is 0 Å². The molecule has 2 rings (SSSR count). The van der Waals surface area contributed by atoms with E-state index in [-0.39, 0.29) is 5.82 Å². The summed E-state index contributed by atoms with van der Waals surface area (Å²) in [6.45, 7) is 0. The average molecular weight is 276 g/mol. The summed E-state index contributed by atoms with van der Waals surface area (Å²) < 4.78 is 14.2. The predicted molar refractivity (Wildman–Crippen MR) is 66.8 cm³/mol. The van der Waals surface area contributed by atoms with Gasteiger partial charge in [0.05, 0.1) is 10.4 Å². The highest BCUT2D eigenvalue weighted by atomic mass is 35.5. The zero-order valence-corrected chi connectivity index (χ0v) is 10.4. The van der Waals surface area contributed by atoms with Gasteiger partial charge in [0.1, 0.15) is 5.82 Å². The van der Waals surface area contributed by atoms with Crippen molar-refractivity contribution in [3.05, 3.63) is 55.9 Å². The lowest BCUT2D eigenvalue weighted by Gasteiger charge is -2.11. The van der Waals surface area contributed by atoms with Crippen LogP contribution in [-0.4, -0.2) is 0 Å². The van der Waals surface area contributed by atoms with Crippen LogP contribution in [0.5, 0.6) is 0 Å². The number of rotatable bonds is 2. The topological polar surface area (TPSA) is 26.0 Å². The van der Waals surface area contributed by atoms with Crippen LogP contribution in [0.15, 0.2) is 30.3 Å². The number of thiophene rings is 1. The van der Waals surface area contributed by atoms with Crippen LogP contribution in [0.3, 0.4) is 0 Å². The lowest BCUT2D eigenvalue weighted by atomic mass is 10.1. The smallest absolute Gasteiger partial charge is 0.128 e. The number of benzene rings is 1. The van der Waals surface area contributed by atoms with Crippen molar-refractivity contribution in [3.8, 4) is 0 Å². The van der Waals surface area contributed by atoms with Gasteiger partial charge in [-0.1, -0.05) is 23.2 Å². The van der Waals surface area contributed by atoms with E-state index in [0.29, 0.717) is 14.9 Å². The molecule has 0 saturated heterocycles. The Kier molecular flexibility index (Phi) is 3.50. The Balaban J connectivity index is 2.40. The molecule has 0 aliphatic rings. The van der Waals surface area contributed by atoms with Crippen LogP contribution in [-0.2, 0) is 0 Å². The van der Waals surface area contributed by atoms with Crippen molar-refractivity contribution in [1.29, 1.82) is 0 Å². The SMILES string of the molecule is NC(c1ccc(Cl)s1)c1cc(Cl)ccc1F. The van der Waals surface area contributed by atoms with E-state index in [1.54, 1.807) is 12.1 Å². The van der Waals surface area contributed by atoms with Gasteiger partial charge in [-0.15, -0.1) is 11.3 Å². The third-order valence-electron chi connectivity index (χ3n) is 2.19. The number of hydrogen-bond donors (Lipinski definition) is 1. The first-order chi connectivity index (χ1) is 7.58. The highest BCUT2D eigenvalue weighted by Gasteiger charge is 2.15. The highest BCUT2D eigenvalue weighted by Crippen LogP contribution is 2.31. The molecule has 1 aromatic carbocycles. The Morgan fingerprint density at radius 3 is 2.56 bits per heavy atom. The largest absolute Gasteiger partial charge is 0.320 e. The maximum Gasteiger partial charge on any atom is 0.128 e. The molecule has 0 saturated carbocycles. The summed E-state index contributed by atoms with van der Waals surface area (Å²) in [7, 11) is 0. The van der Waals surface area contributed by atoms with Gasteiger partial charge in [-0.3, -0.25) is 0 Å². The standard InChI is InChI=1S/C11H8Cl2FNS/c12-6-1-2-8(14)7(5-6)11(15)9-3-4-10(13)16-9/h1-5,11H,15H2. The fourth-order valence-electron chi connectivity index (χ4n) is 1.40. The molecule has 84 valence electrons. The van der Waals surface area contributed by atoms with Crippen LogP contribution in [0.2, 0.25) is 9.36 Å². The first-order valence-electron chi connectivity index (χ1n) is 4.53. The maximum absolute atomic E-state index is 13.5. The van der Waals surface area contributed by atoms with Gasteiger partial charge in [-0.2, -0.15) is 0 Å². The molecule has 0 radical (unpaired) electrons. The molecule has 5 heteroatoms. The highest BCUT2D eigenvalue weighted by molar-refractivity contribution is 7.16. The van der Waals surface area contributed by atoms with E-state index in [9.17, 15) is 4.39 Å². The van der Waals surface area contributed by atoms with Gasteiger partial charge in [0.2, 0.25) is 0 Å². The monoisotopic (exact) mass is 275 g/mol. The van der Waals surface area contributed by atoms with E-state index in [0.717, 1.165) is 4.88 Å². The first-order valence-corrected chi connectivity index (χ1v) is 6.11. The minimum absolute atomic E-state index is 0.360. The molecule has 1 nitrogen and oxygen atoms in total. The lowest BCUT2D eigenvalue weighted by molar-refractivity contribution is 0.601. The minimum atomic E-state index is -0.531. The molecule has 0 aliphatic heterocycles. The molecule has 1 atom stereocenters. The minimum Gasteiger partial charge on any atom is -0.320 e. The summed E-state index contributed by atoms with van der Waals surface area (Å²) in [5.41, 5.74) is 6.33. The van der Waals surface area contributed by atoms with Gasteiger partial charge in [0.15, 0.2) is 0 Å². The van der Waals surface area contributed by atoms with Gasteiger partial charge < -0.3 is 5.73 Å². The number of nitrogens with two attached hydrogens (primary N) is 1. The van der Waals surface area contributed by atoms with E-state index in [1.165, 1.54) is 29.5 Å². The Morgan fingerprint density at radius 2 is 1.94 bits per heavy atom. The third kappa shape index (κ3) is 2.38. The number of hydrogen-bond acceptors (Lipinski definition) is 2. The van der Waals surface area contributed by atoms with Crippen molar-refractivity contribution in [2.24, 2.45) is 5.73 Å². The summed E-state index contributed by atoms with van der Waals surface area (Å²) >= 11 is 13.0. The average Bonchev–Trinajstić information content (AvgIpc) is 2.67. The number of halogens is 3. The Labute approximate surface area is 107 Å². The van der Waals surface area contributed by atoms with E-state index in [1.807, 2.05) is 0 Å². The van der Waals surface area contributed by atoms with Crippen LogP contribution in [0.1, 0.15) is 16.5 Å². The summed E-state index contributed by atoms with van der Waals surface area (Å²) in [6.07, 6.45) is 0. The van der Waals surface area contributed by atoms with Crippen LogP contribution < -0.4 is 5.73 Å². The van der Waals surface area contributed by atoms with Gasteiger partial charge in [-0.05, 0) is 30.3 Å². The molecule has 16 heavy (non-hydrogen) atoms. The Morgan fingerprint density at radius 1 is 1.19 bits per heavy atom. The van der Waals surface area contributed by atoms with Gasteiger partial charge in [0.25, 0.3) is 0 Å². The molecule has 0 aliphatic carbocycles. The second-order valence-corrected chi connectivity index (χ2v) is 5.47. The third-order valence-corrected chi connectivity index (χ3v) is 3.74. The summed E-state index contributed by atoms with van der Waals surface area (Å²) in [5, 5.41) is 0.467. The second-order valence-electron chi connectivity index (χ2n) is 3.29. The normalized spacial score (nSPS) is 12.8. The van der Waals surface area contributed by atoms with Crippen LogP contribution in [0, 0.1) is 5.82 Å². The van der Waals surface area contributed by atoms with Crippen LogP contribution in [0.25, 0.3) is 0 Å². The zero-order chi connectivity index (χ0) is 11.7. The molecule has 1 aromatic heterocycles. The quantitative estimate of drug-likeness (QED) is 0.872. The fourth-order valence-corrected chi connectivity index (χ4v) is 2.66. The van der Waals surface area contributed by atoms with E-state index < -0.39 is 6.04 Å². The van der Waals surface area contributed by atoms with Crippen molar-refractivity contribution in [2.45, 2.75) is 6.04 Å². The van der Waals surface area contributed by atoms with Crippen molar-refractivity contribution < 1.29 is 4.39 Å². The molecule has 0 spiro atoms. The zero-order valence-electron chi connectivity index (χ0n) is 8.08. The summed E-state index contributed by atoms with van der Waals surface area (Å²) in [5.74, 6) is -0.360. The lowest BCUT2D eigenvalue weighted by Crippen LogP contribution is -2.12. The summed E-state index contributed by atoms with van der Waals surface area (Å²) in [4.78, 5) is 0.811. The van der Waals surface area contributed by atoms with Crippen LogP contribution >= 0.6 is 34.5 Å². The molecule has 1 heterocycles. The van der Waals surface area contributed by atoms with Gasteiger partial charge in [0, 0.05) is 15.5 Å². The molecule has 2 aromatic rings. The Hall–Kier alpha value is -0.610. The summed E-state index contributed by atoms with van der Waals surface area (Å²) in [6, 6.07) is 7.34. The Bertz CT molecular complexity index is 512. The van der Waals surface area contributed by atoms with Gasteiger partial charge in [-0.25, -0.2) is 4.39 Å². The molecule has 0 bridgehead atoms. The van der Waals surface area contributed by atoms with Crippen molar-refractivity contribution in [3.63, 3.8) is 0 Å². The molecular formula is C11H8Cl2FNS. The molecule has 2 N–H and O–H groups in total. The van der Waals surface area contributed by atoms with E-state index >= 15 is 0 Å². The van der Waals surface area contributed by atoms with Crippen LogP contribution in [0.4, 0.5) is 4.39 Å². The predicted octanol–water partition coefficient (Wildman–Crippen LogP) is 4.24. The second kappa shape index (κ2) is 4.72. The maximum atomic E-state index is 13.5. The molecule has 0 amide bonds. The van der Waals surface area contributed by atoms with E-state index in [2.05, 4.69) is 0 Å². The molecule has 1 unspecified atom stereocenters. The molecular weight excluding hydrogens is 268 g/mol. The van der Waals surface area contributed by atoms with Crippen molar-refractivity contribution in [2.75, 3.05) is 0 Å². The van der Waals surface area contributed by atoms with Crippen molar-refractivity contribution >= 4 is 34.5 Å².